The molecule has 1 aromatic carbocycles. The van der Waals surface area contributed by atoms with Crippen LogP contribution in [0.5, 0.6) is 5.88 Å². The van der Waals surface area contributed by atoms with Gasteiger partial charge >= 0.3 is 0 Å². The Hall–Kier alpha value is -2.58. The van der Waals surface area contributed by atoms with Crippen molar-refractivity contribution < 1.29 is 14.3 Å². The number of nitrogens with two attached hydrogens (primary N) is 1. The number of morpholine rings is 1. The van der Waals surface area contributed by atoms with Gasteiger partial charge in [-0.3, -0.25) is 4.79 Å². The van der Waals surface area contributed by atoms with Crippen LogP contribution < -0.4 is 20.7 Å². The fourth-order valence-electron chi connectivity index (χ4n) is 2.50. The smallest absolute Gasteiger partial charge is 0.271 e. The van der Waals surface area contributed by atoms with Crippen LogP contribution in [-0.2, 0) is 4.74 Å². The molecule has 2 heterocycles. The third kappa shape index (κ3) is 3.92. The first-order valence-corrected chi connectivity index (χ1v) is 8.07. The van der Waals surface area contributed by atoms with E-state index in [1.807, 2.05) is 24.3 Å². The van der Waals surface area contributed by atoms with Gasteiger partial charge in [0.05, 0.1) is 20.3 Å². The SMILES string of the molecule is COc1nc(Nc2ccc(N3CCOCC3)cc2)c(C(N)=O)nc1Cl. The Labute approximate surface area is 149 Å². The van der Waals surface area contributed by atoms with Crippen molar-refractivity contribution in [2.24, 2.45) is 5.73 Å². The van der Waals surface area contributed by atoms with Crippen LogP contribution in [0.4, 0.5) is 17.2 Å². The predicted octanol–water partition coefficient (Wildman–Crippen LogP) is 1.82. The maximum atomic E-state index is 11.6. The number of anilines is 3. The lowest BCUT2D eigenvalue weighted by Crippen LogP contribution is -2.36. The zero-order valence-corrected chi connectivity index (χ0v) is 14.4. The van der Waals surface area contributed by atoms with E-state index in [0.29, 0.717) is 0 Å². The number of aromatic nitrogens is 2. The second-order valence-corrected chi connectivity index (χ2v) is 5.71. The van der Waals surface area contributed by atoms with Gasteiger partial charge in [-0.2, -0.15) is 4.98 Å². The molecular formula is C16H18ClN5O3. The lowest BCUT2D eigenvalue weighted by atomic mass is 10.2. The van der Waals surface area contributed by atoms with Crippen molar-refractivity contribution in [2.45, 2.75) is 0 Å². The van der Waals surface area contributed by atoms with Crippen molar-refractivity contribution >= 4 is 34.7 Å². The third-order valence-electron chi connectivity index (χ3n) is 3.76. The van der Waals surface area contributed by atoms with E-state index in [0.717, 1.165) is 37.7 Å². The number of nitrogens with one attached hydrogen (secondary N) is 1. The zero-order valence-electron chi connectivity index (χ0n) is 13.7. The van der Waals surface area contributed by atoms with Crippen LogP contribution in [0.25, 0.3) is 0 Å². The van der Waals surface area contributed by atoms with Gasteiger partial charge in [-0.05, 0) is 24.3 Å². The van der Waals surface area contributed by atoms with E-state index in [1.54, 1.807) is 0 Å². The molecule has 3 rings (SSSR count). The molecule has 1 aromatic heterocycles. The van der Waals surface area contributed by atoms with Crippen LogP contribution >= 0.6 is 11.6 Å². The number of hydrogen-bond acceptors (Lipinski definition) is 7. The van der Waals surface area contributed by atoms with Crippen LogP contribution in [-0.4, -0.2) is 49.3 Å². The number of nitrogens with zero attached hydrogens (tertiary/aromatic N) is 3. The standard InChI is InChI=1S/C16H18ClN5O3/c1-24-16-13(17)20-12(14(18)23)15(21-16)19-10-2-4-11(5-3-10)22-6-8-25-9-7-22/h2-5H,6-9H2,1H3,(H2,18,23)(H,19,21). The summed E-state index contributed by atoms with van der Waals surface area (Å²) in [5, 5.41) is 3.01. The number of hydrogen-bond donors (Lipinski definition) is 2. The molecule has 1 saturated heterocycles. The summed E-state index contributed by atoms with van der Waals surface area (Å²) in [6.45, 7) is 3.17. The average Bonchev–Trinajstić information content (AvgIpc) is 2.64. The largest absolute Gasteiger partial charge is 0.479 e. The Morgan fingerprint density at radius 3 is 2.56 bits per heavy atom. The summed E-state index contributed by atoms with van der Waals surface area (Å²) in [7, 11) is 1.42. The number of ether oxygens (including phenoxy) is 2. The fraction of sp³-hybridized carbons (Fsp3) is 0.312. The quantitative estimate of drug-likeness (QED) is 0.835. The highest BCUT2D eigenvalue weighted by Crippen LogP contribution is 2.27. The highest BCUT2D eigenvalue weighted by Gasteiger charge is 2.17. The fourth-order valence-corrected chi connectivity index (χ4v) is 2.71. The number of carbonyl (C=O) groups excluding carboxylic acids is 1. The van der Waals surface area contributed by atoms with E-state index in [9.17, 15) is 4.79 Å². The van der Waals surface area contributed by atoms with Gasteiger partial charge in [-0.25, -0.2) is 4.98 Å². The summed E-state index contributed by atoms with van der Waals surface area (Å²) in [5.74, 6) is -0.434. The minimum absolute atomic E-state index is 0.0236. The molecule has 0 unspecified atom stereocenters. The lowest BCUT2D eigenvalue weighted by Gasteiger charge is -2.28. The van der Waals surface area contributed by atoms with E-state index < -0.39 is 5.91 Å². The van der Waals surface area contributed by atoms with E-state index in [2.05, 4.69) is 20.2 Å². The average molecular weight is 364 g/mol. The van der Waals surface area contributed by atoms with Crippen molar-refractivity contribution in [1.82, 2.24) is 9.97 Å². The molecule has 0 aliphatic carbocycles. The molecule has 2 aromatic rings. The summed E-state index contributed by atoms with van der Waals surface area (Å²) < 4.78 is 10.4. The summed E-state index contributed by atoms with van der Waals surface area (Å²) in [5.41, 5.74) is 7.13. The monoisotopic (exact) mass is 363 g/mol. The molecule has 0 atom stereocenters. The van der Waals surface area contributed by atoms with Gasteiger partial charge in [0.2, 0.25) is 0 Å². The Kier molecular flexibility index (Phi) is 5.20. The van der Waals surface area contributed by atoms with E-state index in [1.165, 1.54) is 7.11 Å². The molecule has 25 heavy (non-hydrogen) atoms. The van der Waals surface area contributed by atoms with Gasteiger partial charge in [0, 0.05) is 24.5 Å². The number of halogens is 1. The van der Waals surface area contributed by atoms with Gasteiger partial charge in [0.15, 0.2) is 16.7 Å². The van der Waals surface area contributed by atoms with Gasteiger partial charge in [0.1, 0.15) is 0 Å². The van der Waals surface area contributed by atoms with Crippen molar-refractivity contribution in [3.05, 3.63) is 35.1 Å². The van der Waals surface area contributed by atoms with Gasteiger partial charge in [-0.1, -0.05) is 11.6 Å². The molecule has 0 spiro atoms. The second-order valence-electron chi connectivity index (χ2n) is 5.36. The molecule has 8 nitrogen and oxygen atoms in total. The second kappa shape index (κ2) is 7.54. The molecule has 0 saturated carbocycles. The Bertz CT molecular complexity index is 763. The number of primary amides is 1. The molecule has 0 radical (unpaired) electrons. The highest BCUT2D eigenvalue weighted by molar-refractivity contribution is 6.30. The number of rotatable bonds is 5. The maximum absolute atomic E-state index is 11.6. The van der Waals surface area contributed by atoms with Crippen LogP contribution in [0.15, 0.2) is 24.3 Å². The predicted molar refractivity (Wildman–Crippen MR) is 94.9 cm³/mol. The Morgan fingerprint density at radius 1 is 1.28 bits per heavy atom. The molecule has 3 N–H and O–H groups in total. The normalized spacial score (nSPS) is 14.2. The van der Waals surface area contributed by atoms with Crippen LogP contribution in [0.1, 0.15) is 10.5 Å². The summed E-state index contributed by atoms with van der Waals surface area (Å²) in [6.07, 6.45) is 0. The molecule has 1 fully saturated rings. The van der Waals surface area contributed by atoms with Crippen LogP contribution in [0.2, 0.25) is 5.15 Å². The van der Waals surface area contributed by atoms with Crippen molar-refractivity contribution in [1.29, 1.82) is 0 Å². The first-order valence-electron chi connectivity index (χ1n) is 7.69. The van der Waals surface area contributed by atoms with Gasteiger partial charge in [-0.15, -0.1) is 0 Å². The third-order valence-corrected chi connectivity index (χ3v) is 4.00. The molecule has 1 amide bonds. The molecular weight excluding hydrogens is 346 g/mol. The number of amides is 1. The summed E-state index contributed by atoms with van der Waals surface area (Å²) >= 11 is 5.91. The molecule has 9 heteroatoms. The van der Waals surface area contributed by atoms with Crippen LogP contribution in [0, 0.1) is 0 Å². The zero-order chi connectivity index (χ0) is 17.8. The molecule has 0 bridgehead atoms. The minimum Gasteiger partial charge on any atom is -0.479 e. The topological polar surface area (TPSA) is 103 Å². The van der Waals surface area contributed by atoms with Crippen molar-refractivity contribution in [3.8, 4) is 5.88 Å². The van der Waals surface area contributed by atoms with Gasteiger partial charge < -0.3 is 25.4 Å². The Morgan fingerprint density at radius 2 is 1.96 bits per heavy atom. The van der Waals surface area contributed by atoms with E-state index in [4.69, 9.17) is 26.8 Å². The molecule has 1 aliphatic rings. The lowest BCUT2D eigenvalue weighted by molar-refractivity contribution is 0.0996. The molecule has 132 valence electrons. The highest BCUT2D eigenvalue weighted by atomic mass is 35.5. The van der Waals surface area contributed by atoms with Crippen molar-refractivity contribution in [2.75, 3.05) is 43.6 Å². The first kappa shape index (κ1) is 17.2. The molecule has 1 aliphatic heterocycles. The number of benzene rings is 1. The first-order chi connectivity index (χ1) is 12.1. The minimum atomic E-state index is -0.732. The summed E-state index contributed by atoms with van der Waals surface area (Å²) in [4.78, 5) is 21.9. The Balaban J connectivity index is 1.83. The van der Waals surface area contributed by atoms with E-state index in [-0.39, 0.29) is 22.5 Å². The maximum Gasteiger partial charge on any atom is 0.271 e. The number of carbonyl (C=O) groups is 1. The van der Waals surface area contributed by atoms with Gasteiger partial charge in [0.25, 0.3) is 11.8 Å². The number of methoxy groups -OCH3 is 1. The van der Waals surface area contributed by atoms with Crippen molar-refractivity contribution in [3.63, 3.8) is 0 Å². The van der Waals surface area contributed by atoms with E-state index >= 15 is 0 Å². The van der Waals surface area contributed by atoms with Crippen LogP contribution in [0.3, 0.4) is 0 Å². The summed E-state index contributed by atoms with van der Waals surface area (Å²) in [6, 6.07) is 7.74.